The van der Waals surface area contributed by atoms with E-state index < -0.39 is 22.5 Å². The molecule has 31 heavy (non-hydrogen) atoms. The second-order valence-electron chi connectivity index (χ2n) is 6.54. The highest BCUT2D eigenvalue weighted by atomic mass is 32.3. The average Bonchev–Trinajstić information content (AvgIpc) is 3.40. The van der Waals surface area contributed by atoms with Gasteiger partial charge in [-0.25, -0.2) is 25.4 Å². The Bertz CT molecular complexity index is 939. The lowest BCUT2D eigenvalue weighted by Crippen LogP contribution is -2.31. The summed E-state index contributed by atoms with van der Waals surface area (Å²) in [7, 11) is -1.32. The van der Waals surface area contributed by atoms with Crippen molar-refractivity contribution in [3.8, 4) is 0 Å². The summed E-state index contributed by atoms with van der Waals surface area (Å²) in [6.45, 7) is 2.72. The maximum atomic E-state index is 11.7. The smallest absolute Gasteiger partial charge is 0.442 e. The molecule has 1 aromatic heterocycles. The van der Waals surface area contributed by atoms with Crippen molar-refractivity contribution in [3.63, 3.8) is 0 Å². The molecule has 1 amide bonds. The standard InChI is InChI=1S/C18H23N5O7S/c1-12(24)20-9-13-5-6-15(28-13)14-10-31(29-16(25)17(26)30-31)18(22-14)21-11-23(19)7-3-4-8-27-2/h5-6,10-11H,3-4,7-9,19H2,1-2H3,(H,20,24)/b21-11+. The van der Waals surface area contributed by atoms with Crippen molar-refractivity contribution >= 4 is 45.6 Å². The molecular formula is C18H23N5O7S. The molecule has 2 aliphatic heterocycles. The van der Waals surface area contributed by atoms with Crippen LogP contribution in [0.5, 0.6) is 0 Å². The van der Waals surface area contributed by atoms with E-state index in [9.17, 15) is 14.4 Å². The van der Waals surface area contributed by atoms with Gasteiger partial charge in [0.05, 0.1) is 12.0 Å². The Balaban J connectivity index is 1.77. The van der Waals surface area contributed by atoms with Gasteiger partial charge in [-0.2, -0.15) is 0 Å². The van der Waals surface area contributed by atoms with Gasteiger partial charge in [0, 0.05) is 27.2 Å². The Morgan fingerprint density at radius 1 is 1.32 bits per heavy atom. The molecule has 0 radical (unpaired) electrons. The predicted molar refractivity (Wildman–Crippen MR) is 112 cm³/mol. The summed E-state index contributed by atoms with van der Waals surface area (Å²) >= 11 is 0. The number of unbranched alkanes of at least 4 members (excludes halogenated alkanes) is 1. The summed E-state index contributed by atoms with van der Waals surface area (Å²) in [5.41, 5.74) is 0.280. The van der Waals surface area contributed by atoms with Crippen molar-refractivity contribution in [3.05, 3.63) is 29.1 Å². The largest absolute Gasteiger partial charge is 0.458 e. The fourth-order valence-corrected chi connectivity index (χ4v) is 4.44. The molecule has 3 rings (SSSR count). The van der Waals surface area contributed by atoms with E-state index >= 15 is 0 Å². The number of hydrogen-bond acceptors (Lipinski definition) is 10. The van der Waals surface area contributed by atoms with Gasteiger partial charge in [0.1, 0.15) is 17.8 Å². The van der Waals surface area contributed by atoms with Crippen molar-refractivity contribution in [2.24, 2.45) is 15.8 Å². The second kappa shape index (κ2) is 9.76. The Labute approximate surface area is 179 Å². The fourth-order valence-electron chi connectivity index (χ4n) is 2.58. The third-order valence-electron chi connectivity index (χ3n) is 4.06. The number of carbonyl (C=O) groups is 3. The Hall–Kier alpha value is -3.16. The molecule has 1 aromatic rings. The highest BCUT2D eigenvalue weighted by Gasteiger charge is 2.48. The van der Waals surface area contributed by atoms with E-state index in [4.69, 9.17) is 23.4 Å². The zero-order valence-corrected chi connectivity index (χ0v) is 17.8. The van der Waals surface area contributed by atoms with Crippen LogP contribution in [0.25, 0.3) is 5.70 Å². The molecule has 0 saturated carbocycles. The van der Waals surface area contributed by atoms with E-state index in [1.807, 2.05) is 0 Å². The topological polar surface area (TPSA) is 158 Å². The number of aliphatic imine (C=N–C) groups is 2. The van der Waals surface area contributed by atoms with Crippen molar-refractivity contribution in [1.82, 2.24) is 10.3 Å². The number of nitrogens with one attached hydrogen (secondary N) is 1. The van der Waals surface area contributed by atoms with Crippen LogP contribution in [0, 0.1) is 0 Å². The minimum absolute atomic E-state index is 0.00569. The number of carbonyl (C=O) groups excluding carboxylic acids is 3. The zero-order valence-electron chi connectivity index (χ0n) is 17.0. The number of hydrazine groups is 1. The molecule has 0 atom stereocenters. The van der Waals surface area contributed by atoms with Gasteiger partial charge in [-0.05, 0) is 35.6 Å². The molecule has 2 aliphatic rings. The van der Waals surface area contributed by atoms with Gasteiger partial charge in [0.2, 0.25) is 5.91 Å². The maximum absolute atomic E-state index is 11.7. The summed E-state index contributed by atoms with van der Waals surface area (Å²) in [4.78, 5) is 43.0. The number of nitrogens with two attached hydrogens (primary N) is 1. The molecule has 1 fully saturated rings. The number of hydrogen-bond donors (Lipinski definition) is 2. The molecule has 168 valence electrons. The first kappa shape index (κ1) is 22.5. The number of amidine groups is 1. The number of rotatable bonds is 9. The number of furan rings is 1. The lowest BCUT2D eigenvalue weighted by Gasteiger charge is -2.26. The first-order valence-corrected chi connectivity index (χ1v) is 10.9. The summed E-state index contributed by atoms with van der Waals surface area (Å²) in [5, 5.41) is 5.37. The number of methoxy groups -OCH3 is 1. The number of ether oxygens (including phenoxy) is 1. The average molecular weight is 453 g/mol. The highest BCUT2D eigenvalue weighted by Crippen LogP contribution is 2.62. The summed E-state index contributed by atoms with van der Waals surface area (Å²) in [5.74, 6) is 4.28. The Morgan fingerprint density at radius 3 is 2.74 bits per heavy atom. The van der Waals surface area contributed by atoms with Gasteiger partial charge in [-0.15, -0.1) is 0 Å². The molecular weight excluding hydrogens is 430 g/mol. The van der Waals surface area contributed by atoms with E-state index in [2.05, 4.69) is 15.3 Å². The molecule has 3 heterocycles. The first-order valence-electron chi connectivity index (χ1n) is 9.32. The number of nitrogens with zero attached hydrogens (tertiary/aromatic N) is 3. The highest BCUT2D eigenvalue weighted by molar-refractivity contribution is 8.41. The van der Waals surface area contributed by atoms with Crippen LogP contribution in [0.1, 0.15) is 31.3 Å². The second-order valence-corrected chi connectivity index (χ2v) is 8.57. The summed E-state index contributed by atoms with van der Waals surface area (Å²) in [6, 6.07) is 3.30. The minimum atomic E-state index is -2.94. The SMILES string of the molecule is COCCCCN(N)/C=N/C1=NC(c2ccc(CNC(C)=O)o2)=CS12OC(=O)C(=O)O2. The van der Waals surface area contributed by atoms with Crippen molar-refractivity contribution in [2.75, 3.05) is 20.3 Å². The van der Waals surface area contributed by atoms with E-state index in [1.165, 1.54) is 23.7 Å². The number of amides is 1. The quantitative estimate of drug-likeness (QED) is 0.139. The molecule has 13 heteroatoms. The van der Waals surface area contributed by atoms with E-state index in [0.717, 1.165) is 12.8 Å². The molecule has 0 unspecified atom stereocenters. The van der Waals surface area contributed by atoms with Gasteiger partial charge in [-0.3, -0.25) is 4.79 Å². The van der Waals surface area contributed by atoms with E-state index in [-0.39, 0.29) is 23.3 Å². The van der Waals surface area contributed by atoms with Crippen molar-refractivity contribution < 1.29 is 31.9 Å². The van der Waals surface area contributed by atoms with Crippen molar-refractivity contribution in [1.29, 1.82) is 0 Å². The molecule has 1 saturated heterocycles. The Kier molecular flexibility index (Phi) is 7.09. The fraction of sp³-hybridized carbons (Fsp3) is 0.389. The van der Waals surface area contributed by atoms with E-state index in [0.29, 0.717) is 24.7 Å². The third-order valence-corrected chi connectivity index (χ3v) is 6.10. The lowest BCUT2D eigenvalue weighted by atomic mass is 10.3. The monoisotopic (exact) mass is 453 g/mol. The van der Waals surface area contributed by atoms with Crippen LogP contribution in [0.4, 0.5) is 0 Å². The van der Waals surface area contributed by atoms with Crippen LogP contribution in [0.2, 0.25) is 0 Å². The van der Waals surface area contributed by atoms with Crippen molar-refractivity contribution in [2.45, 2.75) is 26.3 Å². The molecule has 12 nitrogen and oxygen atoms in total. The summed E-state index contributed by atoms with van der Waals surface area (Å²) < 4.78 is 21.0. The lowest BCUT2D eigenvalue weighted by molar-refractivity contribution is -0.150. The Morgan fingerprint density at radius 2 is 2.06 bits per heavy atom. The normalized spacial score (nSPS) is 18.0. The van der Waals surface area contributed by atoms with Gasteiger partial charge in [-0.1, -0.05) is 0 Å². The van der Waals surface area contributed by atoms with Gasteiger partial charge < -0.3 is 27.8 Å². The van der Waals surface area contributed by atoms with Crippen LogP contribution >= 0.6 is 10.6 Å². The van der Waals surface area contributed by atoms with E-state index in [1.54, 1.807) is 19.2 Å². The van der Waals surface area contributed by atoms with Gasteiger partial charge in [0.25, 0.3) is 5.17 Å². The maximum Gasteiger partial charge on any atom is 0.442 e. The van der Waals surface area contributed by atoms with Crippen LogP contribution < -0.4 is 11.2 Å². The van der Waals surface area contributed by atoms with Crippen LogP contribution in [0.3, 0.4) is 0 Å². The van der Waals surface area contributed by atoms with Crippen LogP contribution in [-0.4, -0.2) is 54.6 Å². The van der Waals surface area contributed by atoms with Gasteiger partial charge >= 0.3 is 11.9 Å². The summed E-state index contributed by atoms with van der Waals surface area (Å²) in [6.07, 6.45) is 2.92. The first-order chi connectivity index (χ1) is 14.8. The minimum Gasteiger partial charge on any atom is -0.458 e. The van der Waals surface area contributed by atoms with Gasteiger partial charge in [0.15, 0.2) is 5.76 Å². The van der Waals surface area contributed by atoms with Crippen LogP contribution in [0.15, 0.2) is 31.9 Å². The van der Waals surface area contributed by atoms with Crippen LogP contribution in [-0.2, 0) is 34.0 Å². The molecule has 1 spiro atoms. The molecule has 3 N–H and O–H groups in total. The third kappa shape index (κ3) is 5.51. The zero-order chi connectivity index (χ0) is 22.4. The predicted octanol–water partition coefficient (Wildman–Crippen LogP) is 0.949. The molecule has 0 bridgehead atoms. The molecule has 0 aromatic carbocycles. The molecule has 0 aliphatic carbocycles.